The summed E-state index contributed by atoms with van der Waals surface area (Å²) in [6.07, 6.45) is 26.2. The highest BCUT2D eigenvalue weighted by Gasteiger charge is 1.94. The molecule has 0 aliphatic rings. The van der Waals surface area contributed by atoms with E-state index in [-0.39, 0.29) is 0 Å². The highest BCUT2D eigenvalue weighted by Crippen LogP contribution is 2.10. The van der Waals surface area contributed by atoms with Crippen molar-refractivity contribution < 1.29 is 4.74 Å². The van der Waals surface area contributed by atoms with Gasteiger partial charge in [0, 0.05) is 13.2 Å². The SMILES string of the molecule is CC=CC.CCCCCCCCCCOCCCCCCCCCC. The van der Waals surface area contributed by atoms with E-state index in [4.69, 9.17) is 4.74 Å². The van der Waals surface area contributed by atoms with Crippen LogP contribution in [0.25, 0.3) is 0 Å². The Balaban J connectivity index is 0. The molecule has 1 nitrogen and oxygen atoms in total. The Labute approximate surface area is 161 Å². The number of hydrogen-bond acceptors (Lipinski definition) is 1. The third kappa shape index (κ3) is 31.9. The van der Waals surface area contributed by atoms with Crippen LogP contribution in [0.1, 0.15) is 130 Å². The second-order valence-corrected chi connectivity index (χ2v) is 7.23. The predicted molar refractivity (Wildman–Crippen MR) is 117 cm³/mol. The van der Waals surface area contributed by atoms with Gasteiger partial charge in [0.2, 0.25) is 0 Å². The van der Waals surface area contributed by atoms with Gasteiger partial charge in [-0.1, -0.05) is 116 Å². The summed E-state index contributed by atoms with van der Waals surface area (Å²) < 4.78 is 5.72. The maximum Gasteiger partial charge on any atom is 0.0466 e. The summed E-state index contributed by atoms with van der Waals surface area (Å²) in [4.78, 5) is 0. The maximum atomic E-state index is 5.72. The Hall–Kier alpha value is -0.300. The van der Waals surface area contributed by atoms with Crippen LogP contribution in [0, 0.1) is 0 Å². The van der Waals surface area contributed by atoms with E-state index in [1.54, 1.807) is 0 Å². The van der Waals surface area contributed by atoms with E-state index in [9.17, 15) is 0 Å². The highest BCUT2D eigenvalue weighted by atomic mass is 16.5. The Morgan fingerprint density at radius 3 is 1.00 bits per heavy atom. The smallest absolute Gasteiger partial charge is 0.0466 e. The van der Waals surface area contributed by atoms with Crippen molar-refractivity contribution in [2.24, 2.45) is 0 Å². The molecule has 0 aromatic rings. The first-order valence-electron chi connectivity index (χ1n) is 11.5. The maximum absolute atomic E-state index is 5.72. The molecule has 0 bridgehead atoms. The lowest BCUT2D eigenvalue weighted by atomic mass is 10.1. The van der Waals surface area contributed by atoms with Gasteiger partial charge in [-0.05, 0) is 26.7 Å². The van der Waals surface area contributed by atoms with Gasteiger partial charge in [-0.3, -0.25) is 0 Å². The molecule has 0 rings (SSSR count). The van der Waals surface area contributed by atoms with Gasteiger partial charge < -0.3 is 4.74 Å². The van der Waals surface area contributed by atoms with Gasteiger partial charge in [-0.2, -0.15) is 0 Å². The Morgan fingerprint density at radius 1 is 0.440 bits per heavy atom. The third-order valence-corrected chi connectivity index (χ3v) is 4.62. The summed E-state index contributed by atoms with van der Waals surface area (Å²) in [7, 11) is 0. The number of rotatable bonds is 18. The summed E-state index contributed by atoms with van der Waals surface area (Å²) in [5.74, 6) is 0. The molecule has 0 unspecified atom stereocenters. The molecule has 0 saturated heterocycles. The molecule has 0 aliphatic carbocycles. The fourth-order valence-corrected chi connectivity index (χ4v) is 2.78. The fraction of sp³-hybridized carbons (Fsp3) is 0.917. The lowest BCUT2D eigenvalue weighted by molar-refractivity contribution is 0.125. The first kappa shape index (κ1) is 26.9. The Kier molecular flexibility index (Phi) is 30.7. The first-order chi connectivity index (χ1) is 12.3. The van der Waals surface area contributed by atoms with Gasteiger partial charge in [0.1, 0.15) is 0 Å². The molecule has 0 aromatic carbocycles. The largest absolute Gasteiger partial charge is 0.381 e. The van der Waals surface area contributed by atoms with Crippen LogP contribution in [0.15, 0.2) is 12.2 Å². The molecule has 0 fully saturated rings. The second-order valence-electron chi connectivity index (χ2n) is 7.23. The lowest BCUT2D eigenvalue weighted by Crippen LogP contribution is -1.97. The van der Waals surface area contributed by atoms with E-state index < -0.39 is 0 Å². The van der Waals surface area contributed by atoms with Crippen LogP contribution in [0.4, 0.5) is 0 Å². The predicted octanol–water partition coefficient (Wildman–Crippen LogP) is 8.87. The average Bonchev–Trinajstić information content (AvgIpc) is 2.64. The lowest BCUT2D eigenvalue weighted by Gasteiger charge is -2.05. The number of hydrogen-bond donors (Lipinski definition) is 0. The van der Waals surface area contributed by atoms with Gasteiger partial charge in [0.05, 0.1) is 0 Å². The molecule has 0 heterocycles. The fourth-order valence-electron chi connectivity index (χ4n) is 2.78. The van der Waals surface area contributed by atoms with Crippen molar-refractivity contribution in [2.45, 2.75) is 130 Å². The van der Waals surface area contributed by atoms with Crippen LogP contribution in [-0.4, -0.2) is 13.2 Å². The molecule has 1 heteroatoms. The normalized spacial score (nSPS) is 10.9. The number of unbranched alkanes of at least 4 members (excludes halogenated alkanes) is 14. The molecule has 0 aliphatic heterocycles. The van der Waals surface area contributed by atoms with Crippen LogP contribution in [0.5, 0.6) is 0 Å². The van der Waals surface area contributed by atoms with E-state index in [1.807, 2.05) is 26.0 Å². The summed E-state index contributed by atoms with van der Waals surface area (Å²) >= 11 is 0. The van der Waals surface area contributed by atoms with Crippen molar-refractivity contribution in [3.8, 4) is 0 Å². The quantitative estimate of drug-likeness (QED) is 0.176. The van der Waals surface area contributed by atoms with Gasteiger partial charge in [0.15, 0.2) is 0 Å². The zero-order chi connectivity index (χ0) is 18.8. The standard InChI is InChI=1S/C20H42O.C4H8/c1-3-5-7-9-11-13-15-17-19-21-20-18-16-14-12-10-8-6-4-2;1-3-4-2/h3-20H2,1-2H3;3-4H,1-2H3. The van der Waals surface area contributed by atoms with E-state index in [0.29, 0.717) is 0 Å². The molecular formula is C24H50O. The van der Waals surface area contributed by atoms with E-state index in [2.05, 4.69) is 13.8 Å². The molecule has 25 heavy (non-hydrogen) atoms. The molecule has 0 amide bonds. The molecule has 0 atom stereocenters. The van der Waals surface area contributed by atoms with E-state index in [0.717, 1.165) is 13.2 Å². The van der Waals surface area contributed by atoms with Crippen molar-refractivity contribution in [3.63, 3.8) is 0 Å². The van der Waals surface area contributed by atoms with Gasteiger partial charge in [-0.15, -0.1) is 0 Å². The number of allylic oxidation sites excluding steroid dienone is 2. The minimum absolute atomic E-state index is 0.992. The van der Waals surface area contributed by atoms with E-state index in [1.165, 1.54) is 103 Å². The minimum Gasteiger partial charge on any atom is -0.381 e. The van der Waals surface area contributed by atoms with Crippen LogP contribution < -0.4 is 0 Å². The van der Waals surface area contributed by atoms with E-state index >= 15 is 0 Å². The zero-order valence-corrected chi connectivity index (χ0v) is 18.3. The molecule has 0 aromatic heterocycles. The van der Waals surface area contributed by atoms with Crippen molar-refractivity contribution in [1.82, 2.24) is 0 Å². The summed E-state index contributed by atoms with van der Waals surface area (Å²) in [5.41, 5.74) is 0. The van der Waals surface area contributed by atoms with Crippen LogP contribution in [0.3, 0.4) is 0 Å². The van der Waals surface area contributed by atoms with Crippen molar-refractivity contribution in [3.05, 3.63) is 12.2 Å². The van der Waals surface area contributed by atoms with Gasteiger partial charge >= 0.3 is 0 Å². The average molecular weight is 355 g/mol. The highest BCUT2D eigenvalue weighted by molar-refractivity contribution is 4.68. The third-order valence-electron chi connectivity index (χ3n) is 4.62. The zero-order valence-electron chi connectivity index (χ0n) is 18.3. The van der Waals surface area contributed by atoms with Crippen molar-refractivity contribution in [2.75, 3.05) is 13.2 Å². The van der Waals surface area contributed by atoms with Gasteiger partial charge in [0.25, 0.3) is 0 Å². The van der Waals surface area contributed by atoms with Crippen LogP contribution in [-0.2, 0) is 4.74 Å². The van der Waals surface area contributed by atoms with Crippen molar-refractivity contribution >= 4 is 0 Å². The van der Waals surface area contributed by atoms with Crippen LogP contribution >= 0.6 is 0 Å². The Morgan fingerprint density at radius 2 is 0.720 bits per heavy atom. The van der Waals surface area contributed by atoms with Gasteiger partial charge in [-0.25, -0.2) is 0 Å². The minimum atomic E-state index is 0.992. The molecule has 0 radical (unpaired) electrons. The monoisotopic (exact) mass is 354 g/mol. The molecule has 0 spiro atoms. The van der Waals surface area contributed by atoms with Crippen LogP contribution in [0.2, 0.25) is 0 Å². The molecule has 152 valence electrons. The van der Waals surface area contributed by atoms with Crippen molar-refractivity contribution in [1.29, 1.82) is 0 Å². The Bertz CT molecular complexity index is 200. The topological polar surface area (TPSA) is 9.23 Å². The summed E-state index contributed by atoms with van der Waals surface area (Å²) in [6.45, 7) is 10.5. The summed E-state index contributed by atoms with van der Waals surface area (Å²) in [6, 6.07) is 0. The molecule has 0 N–H and O–H groups in total. The second kappa shape index (κ2) is 28.5. The number of ether oxygens (including phenoxy) is 1. The molecule has 0 saturated carbocycles. The molecular weight excluding hydrogens is 304 g/mol. The summed E-state index contributed by atoms with van der Waals surface area (Å²) in [5, 5.41) is 0. The first-order valence-corrected chi connectivity index (χ1v) is 11.5.